The van der Waals surface area contributed by atoms with Crippen LogP contribution in [-0.2, 0) is 42.4 Å². The summed E-state index contributed by atoms with van der Waals surface area (Å²) in [6.45, 7) is 8.97. The van der Waals surface area contributed by atoms with Gasteiger partial charge in [-0.3, -0.25) is 14.7 Å². The number of hydrogen-bond acceptors (Lipinski definition) is 6. The van der Waals surface area contributed by atoms with Crippen LogP contribution in [-0.4, -0.2) is 65.3 Å². The number of likely N-dealkylation sites (tertiary alicyclic amines) is 1. The quantitative estimate of drug-likeness (QED) is 0.222. The minimum Gasteiger partial charge on any atom is -0.467 e. The van der Waals surface area contributed by atoms with Crippen LogP contribution in [0.15, 0.2) is 53.7 Å². The lowest BCUT2D eigenvalue weighted by Gasteiger charge is -2.46. The average molecular weight is 728 g/mol. The molecule has 1 saturated heterocycles. The fourth-order valence-electron chi connectivity index (χ4n) is 6.66. The molecule has 4 rings (SSSR count). The Morgan fingerprint density at radius 1 is 0.902 bits per heavy atom. The van der Waals surface area contributed by atoms with Crippen LogP contribution in [0.1, 0.15) is 81.7 Å². The monoisotopic (exact) mass is 727 g/mol. The highest BCUT2D eigenvalue weighted by Gasteiger charge is 2.51. The lowest BCUT2D eigenvalue weighted by atomic mass is 9.75. The van der Waals surface area contributed by atoms with Crippen LogP contribution >= 0.6 is 0 Å². The molecule has 0 radical (unpaired) electrons. The molecule has 0 aliphatic carbocycles. The van der Waals surface area contributed by atoms with Crippen molar-refractivity contribution in [2.45, 2.75) is 102 Å². The van der Waals surface area contributed by atoms with Crippen LogP contribution in [0.25, 0.3) is 0 Å². The van der Waals surface area contributed by atoms with Crippen molar-refractivity contribution in [3.8, 4) is 0 Å². The number of hydrogen-bond donors (Lipinski definition) is 0. The van der Waals surface area contributed by atoms with Gasteiger partial charge >= 0.3 is 24.4 Å². The first-order valence-corrected chi connectivity index (χ1v) is 16.0. The number of carbonyl (C=O) groups excluding carboxylic acids is 3. The molecule has 2 amide bonds. The maximum absolute atomic E-state index is 14.6. The number of nitrogens with zero attached hydrogens (tertiary/aromatic N) is 3. The van der Waals surface area contributed by atoms with E-state index in [2.05, 4.69) is 4.99 Å². The van der Waals surface area contributed by atoms with Gasteiger partial charge in [-0.1, -0.05) is 6.07 Å². The average Bonchev–Trinajstić information content (AvgIpc) is 3.47. The molecule has 2 aromatic carbocycles. The summed E-state index contributed by atoms with van der Waals surface area (Å²) in [5.41, 5.74) is -7.06. The Morgan fingerprint density at radius 2 is 1.47 bits per heavy atom. The summed E-state index contributed by atoms with van der Waals surface area (Å²) >= 11 is 0. The van der Waals surface area contributed by atoms with E-state index in [0.29, 0.717) is 29.0 Å². The maximum Gasteiger partial charge on any atom is 0.416 e. The molecule has 2 heterocycles. The van der Waals surface area contributed by atoms with Crippen molar-refractivity contribution in [3.05, 3.63) is 82.3 Å². The van der Waals surface area contributed by atoms with Gasteiger partial charge in [-0.2, -0.15) is 26.3 Å². The Morgan fingerprint density at radius 3 is 1.98 bits per heavy atom. The van der Waals surface area contributed by atoms with Gasteiger partial charge < -0.3 is 14.4 Å². The second-order valence-corrected chi connectivity index (χ2v) is 14.3. The number of benzene rings is 2. The van der Waals surface area contributed by atoms with Crippen molar-refractivity contribution in [1.82, 2.24) is 9.80 Å². The van der Waals surface area contributed by atoms with Gasteiger partial charge in [0.1, 0.15) is 17.5 Å². The number of esters is 1. The summed E-state index contributed by atoms with van der Waals surface area (Å²) in [5, 5.41) is 0. The van der Waals surface area contributed by atoms with Crippen molar-refractivity contribution in [3.63, 3.8) is 0 Å². The fourth-order valence-corrected chi connectivity index (χ4v) is 6.66. The number of halogens is 7. The third kappa shape index (κ3) is 7.91. The molecular formula is C36H40F7N3O5. The van der Waals surface area contributed by atoms with Crippen molar-refractivity contribution in [2.75, 3.05) is 14.2 Å². The molecule has 8 nitrogen and oxygen atoms in total. The number of aliphatic imine (C=N–C) groups is 1. The smallest absolute Gasteiger partial charge is 0.416 e. The molecule has 1 fully saturated rings. The Hall–Kier alpha value is -4.43. The molecule has 0 saturated carbocycles. The summed E-state index contributed by atoms with van der Waals surface area (Å²) in [5.74, 6) is -2.15. The molecule has 278 valence electrons. The van der Waals surface area contributed by atoms with Crippen LogP contribution in [0.4, 0.5) is 35.5 Å². The standard InChI is InChI=1S/C36H40F7N3O5/c1-20-15-24(37)9-10-25(20)34(45(7)30(48)33(5,6)21-16-22(35(38,39)40)18-23(17-21)36(41,42)43)13-14-44-26(19-34)27-11-12-28(29(47)50-8)46(27)31(49)51-32(2,3)4/h9-10,13-18,27-28H,11-12,19H2,1-8H3/t27-,28+,34?/m1/s1. The Kier molecular flexibility index (Phi) is 10.5. The third-order valence-corrected chi connectivity index (χ3v) is 9.29. The summed E-state index contributed by atoms with van der Waals surface area (Å²) in [6, 6.07) is 2.95. The number of amides is 2. The molecule has 2 aliphatic rings. The normalized spacial score (nSPS) is 21.3. The SMILES string of the molecule is COC(=O)[C@@H]1CC[C@H](C2=NC=CC(c3ccc(F)cc3C)(N(C)C(=O)C(C)(C)c3cc(C(F)(F)F)cc(C(F)(F)F)c3)C2)N1C(=O)OC(C)(C)C. The summed E-state index contributed by atoms with van der Waals surface area (Å²) in [7, 11) is 2.52. The molecule has 0 bridgehead atoms. The zero-order valence-electron chi connectivity index (χ0n) is 29.4. The number of aryl methyl sites for hydroxylation is 1. The topological polar surface area (TPSA) is 88.5 Å². The van der Waals surface area contributed by atoms with Crippen LogP contribution in [0.3, 0.4) is 0 Å². The van der Waals surface area contributed by atoms with E-state index < -0.39 is 81.5 Å². The molecule has 3 atom stereocenters. The second kappa shape index (κ2) is 13.6. The van der Waals surface area contributed by atoms with E-state index in [1.165, 1.54) is 62.2 Å². The Labute approximate surface area is 291 Å². The lowest BCUT2D eigenvalue weighted by Crippen LogP contribution is -2.56. The van der Waals surface area contributed by atoms with Crippen LogP contribution in [0.2, 0.25) is 0 Å². The van der Waals surface area contributed by atoms with Crippen molar-refractivity contribution in [1.29, 1.82) is 0 Å². The van der Waals surface area contributed by atoms with Gasteiger partial charge in [-0.15, -0.1) is 0 Å². The van der Waals surface area contributed by atoms with E-state index in [1.807, 2.05) is 0 Å². The first-order valence-electron chi connectivity index (χ1n) is 16.0. The second-order valence-electron chi connectivity index (χ2n) is 14.3. The van der Waals surface area contributed by atoms with Gasteiger partial charge in [0.15, 0.2) is 0 Å². The predicted molar refractivity (Wildman–Crippen MR) is 173 cm³/mol. The number of likely N-dealkylation sites (N-methyl/N-ethyl adjacent to an activating group) is 1. The number of rotatable bonds is 6. The predicted octanol–water partition coefficient (Wildman–Crippen LogP) is 8.10. The third-order valence-electron chi connectivity index (χ3n) is 9.29. The summed E-state index contributed by atoms with van der Waals surface area (Å²) < 4.78 is 108. The van der Waals surface area contributed by atoms with E-state index in [9.17, 15) is 45.1 Å². The highest BCUT2D eigenvalue weighted by molar-refractivity contribution is 5.98. The first-order chi connectivity index (χ1) is 23.3. The van der Waals surface area contributed by atoms with E-state index in [4.69, 9.17) is 9.47 Å². The van der Waals surface area contributed by atoms with E-state index in [-0.39, 0.29) is 25.3 Å². The highest BCUT2D eigenvalue weighted by Crippen LogP contribution is 2.44. The van der Waals surface area contributed by atoms with Crippen molar-refractivity contribution < 1.29 is 54.6 Å². The lowest BCUT2D eigenvalue weighted by molar-refractivity contribution is -0.146. The Balaban J connectivity index is 1.85. The molecule has 51 heavy (non-hydrogen) atoms. The molecule has 1 unspecified atom stereocenters. The molecule has 0 aromatic heterocycles. The molecule has 0 N–H and O–H groups in total. The molecule has 2 aliphatic heterocycles. The van der Waals surface area contributed by atoms with Gasteiger partial charge in [0.2, 0.25) is 5.91 Å². The zero-order valence-corrected chi connectivity index (χ0v) is 29.4. The van der Waals surface area contributed by atoms with Crippen molar-refractivity contribution >= 4 is 23.7 Å². The highest BCUT2D eigenvalue weighted by atomic mass is 19.4. The van der Waals surface area contributed by atoms with Gasteiger partial charge in [0.05, 0.1) is 35.2 Å². The summed E-state index contributed by atoms with van der Waals surface area (Å²) in [6.07, 6.45) is -7.95. The van der Waals surface area contributed by atoms with Gasteiger partial charge in [0.25, 0.3) is 0 Å². The number of ether oxygens (including phenoxy) is 2. The minimum absolute atomic E-state index is 0.0106. The van der Waals surface area contributed by atoms with E-state index in [1.54, 1.807) is 27.7 Å². The minimum atomic E-state index is -5.14. The fraction of sp³-hybridized carbons (Fsp3) is 0.500. The molecular weight excluding hydrogens is 687 g/mol. The maximum atomic E-state index is 14.6. The van der Waals surface area contributed by atoms with Crippen LogP contribution in [0.5, 0.6) is 0 Å². The van der Waals surface area contributed by atoms with Crippen LogP contribution < -0.4 is 0 Å². The zero-order chi connectivity index (χ0) is 38.5. The van der Waals surface area contributed by atoms with Gasteiger partial charge in [-0.25, -0.2) is 14.0 Å². The van der Waals surface area contributed by atoms with Crippen molar-refractivity contribution in [2.24, 2.45) is 4.99 Å². The Bertz CT molecular complexity index is 1730. The number of carbonyl (C=O) groups is 3. The summed E-state index contributed by atoms with van der Waals surface area (Å²) in [4.78, 5) is 47.9. The van der Waals surface area contributed by atoms with E-state index >= 15 is 0 Å². The van der Waals surface area contributed by atoms with Crippen LogP contribution in [0, 0.1) is 12.7 Å². The largest absolute Gasteiger partial charge is 0.467 e. The van der Waals surface area contributed by atoms with Gasteiger partial charge in [-0.05, 0) is 107 Å². The number of methoxy groups -OCH3 is 1. The molecule has 0 spiro atoms. The first kappa shape index (κ1) is 39.4. The van der Waals surface area contributed by atoms with Gasteiger partial charge in [0, 0.05) is 25.4 Å². The molecule has 2 aromatic rings. The number of alkyl halides is 6. The molecule has 15 heteroatoms. The van der Waals surface area contributed by atoms with E-state index in [0.717, 1.165) is 6.07 Å².